The van der Waals surface area contributed by atoms with Crippen LogP contribution in [0.4, 0.5) is 0 Å². The molecule has 172 valence electrons. The minimum atomic E-state index is -0.345. The molecule has 3 unspecified atom stereocenters. The van der Waals surface area contributed by atoms with Crippen molar-refractivity contribution in [2.24, 2.45) is 17.8 Å². The Morgan fingerprint density at radius 1 is 0.968 bits per heavy atom. The SMILES string of the molecule is CC.CC1Oc2ccccc2-c2ccccc21.CCC(CC(O)C(C)C)C(=O)C(C)C. The normalized spacial score (nSPS) is 15.9. The summed E-state index contributed by atoms with van der Waals surface area (Å²) in [5, 5.41) is 9.71. The molecule has 2 aromatic carbocycles. The number of hydrogen-bond donors (Lipinski definition) is 1. The Hall–Kier alpha value is -2.13. The maximum absolute atomic E-state index is 11.7. The summed E-state index contributed by atoms with van der Waals surface area (Å²) in [5.41, 5.74) is 3.77. The molecule has 0 bridgehead atoms. The Kier molecular flexibility index (Phi) is 11.6. The van der Waals surface area contributed by atoms with Gasteiger partial charge in [0, 0.05) is 23.0 Å². The molecule has 3 nitrogen and oxygen atoms in total. The van der Waals surface area contributed by atoms with E-state index in [-0.39, 0.29) is 35.7 Å². The molecule has 0 aromatic heterocycles. The lowest BCUT2D eigenvalue weighted by Gasteiger charge is -2.26. The van der Waals surface area contributed by atoms with E-state index in [1.807, 2.05) is 60.6 Å². The van der Waals surface area contributed by atoms with Crippen LogP contribution in [0, 0.1) is 17.8 Å². The first-order chi connectivity index (χ1) is 14.8. The molecule has 0 saturated heterocycles. The van der Waals surface area contributed by atoms with E-state index in [4.69, 9.17) is 4.74 Å². The van der Waals surface area contributed by atoms with Crippen molar-refractivity contribution >= 4 is 5.78 Å². The molecule has 0 spiro atoms. The number of aliphatic hydroxyl groups is 1. The number of rotatable bonds is 6. The fourth-order valence-corrected chi connectivity index (χ4v) is 3.66. The second-order valence-corrected chi connectivity index (χ2v) is 8.55. The lowest BCUT2D eigenvalue weighted by molar-refractivity contribution is -0.127. The predicted octanol–water partition coefficient (Wildman–Crippen LogP) is 7.48. The lowest BCUT2D eigenvalue weighted by atomic mass is 9.86. The maximum Gasteiger partial charge on any atom is 0.138 e. The van der Waals surface area contributed by atoms with Crippen LogP contribution in [0.3, 0.4) is 0 Å². The smallest absolute Gasteiger partial charge is 0.138 e. The summed E-state index contributed by atoms with van der Waals surface area (Å²) in [4.78, 5) is 11.7. The molecule has 1 N–H and O–H groups in total. The van der Waals surface area contributed by atoms with Gasteiger partial charge < -0.3 is 9.84 Å². The lowest BCUT2D eigenvalue weighted by Crippen LogP contribution is -2.26. The maximum atomic E-state index is 11.7. The molecule has 0 radical (unpaired) electrons. The van der Waals surface area contributed by atoms with E-state index in [0.29, 0.717) is 6.42 Å². The largest absolute Gasteiger partial charge is 0.485 e. The Balaban J connectivity index is 0.000000289. The van der Waals surface area contributed by atoms with E-state index in [2.05, 4.69) is 43.3 Å². The van der Waals surface area contributed by atoms with Gasteiger partial charge in [-0.3, -0.25) is 4.79 Å². The van der Waals surface area contributed by atoms with Gasteiger partial charge in [-0.1, -0.05) is 90.9 Å². The zero-order valence-corrected chi connectivity index (χ0v) is 20.7. The molecular weight excluding hydrogens is 384 g/mol. The number of aliphatic hydroxyl groups excluding tert-OH is 1. The summed E-state index contributed by atoms with van der Waals surface area (Å²) in [5.74, 6) is 1.63. The van der Waals surface area contributed by atoms with E-state index in [9.17, 15) is 9.90 Å². The third kappa shape index (κ3) is 7.50. The fourth-order valence-electron chi connectivity index (χ4n) is 3.66. The third-order valence-corrected chi connectivity index (χ3v) is 5.64. The van der Waals surface area contributed by atoms with Crippen LogP contribution in [-0.4, -0.2) is 17.0 Å². The highest BCUT2D eigenvalue weighted by atomic mass is 16.5. The molecule has 3 atom stereocenters. The van der Waals surface area contributed by atoms with Crippen molar-refractivity contribution in [3.8, 4) is 16.9 Å². The van der Waals surface area contributed by atoms with Gasteiger partial charge in [-0.25, -0.2) is 0 Å². The second-order valence-electron chi connectivity index (χ2n) is 8.55. The zero-order chi connectivity index (χ0) is 23.6. The van der Waals surface area contributed by atoms with Crippen LogP contribution in [0.15, 0.2) is 48.5 Å². The Bertz CT molecular complexity index is 794. The standard InChI is InChI=1S/C14H12O.C12H24O2.C2H6/c1-10-11-6-2-3-7-12(11)13-8-4-5-9-14(13)15-10;1-6-10(12(14)9(4)5)7-11(13)8(2)3;1-2/h2-10H,1H3;8-11,13H,6-7H2,1-5H3;1-2H3. The average Bonchev–Trinajstić information content (AvgIpc) is 2.78. The van der Waals surface area contributed by atoms with Crippen LogP contribution < -0.4 is 4.74 Å². The van der Waals surface area contributed by atoms with Gasteiger partial charge in [0.05, 0.1) is 6.10 Å². The van der Waals surface area contributed by atoms with Crippen molar-refractivity contribution in [1.82, 2.24) is 0 Å². The predicted molar refractivity (Wildman–Crippen MR) is 131 cm³/mol. The number of benzene rings is 2. The number of Topliss-reactive ketones (excluding diaryl/α,β-unsaturated/α-hetero) is 1. The number of carbonyl (C=O) groups is 1. The minimum absolute atomic E-state index is 0.0346. The first-order valence-electron chi connectivity index (χ1n) is 11.8. The molecule has 0 saturated carbocycles. The Morgan fingerprint density at radius 2 is 1.52 bits per heavy atom. The first-order valence-corrected chi connectivity index (χ1v) is 11.8. The summed E-state index contributed by atoms with van der Waals surface area (Å²) in [6.07, 6.45) is 1.25. The highest BCUT2D eigenvalue weighted by Gasteiger charge is 2.24. The highest BCUT2D eigenvalue weighted by molar-refractivity contribution is 5.82. The molecule has 1 heterocycles. The summed E-state index contributed by atoms with van der Waals surface area (Å²) < 4.78 is 5.86. The van der Waals surface area contributed by atoms with Crippen LogP contribution in [0.2, 0.25) is 0 Å². The topological polar surface area (TPSA) is 46.5 Å². The molecule has 2 aromatic rings. The van der Waals surface area contributed by atoms with Crippen LogP contribution >= 0.6 is 0 Å². The Labute approximate surface area is 189 Å². The number of ether oxygens (including phenoxy) is 1. The van der Waals surface area contributed by atoms with Crippen LogP contribution in [0.1, 0.15) is 79.9 Å². The van der Waals surface area contributed by atoms with Crippen molar-refractivity contribution in [2.45, 2.75) is 80.4 Å². The van der Waals surface area contributed by atoms with E-state index < -0.39 is 0 Å². The number of para-hydroxylation sites is 1. The molecule has 0 amide bonds. The van der Waals surface area contributed by atoms with Crippen LogP contribution in [0.5, 0.6) is 5.75 Å². The number of ketones is 1. The van der Waals surface area contributed by atoms with Gasteiger partial charge in [0.15, 0.2) is 0 Å². The summed E-state index contributed by atoms with van der Waals surface area (Å²) in [6, 6.07) is 16.6. The van der Waals surface area contributed by atoms with Crippen molar-refractivity contribution in [2.75, 3.05) is 0 Å². The van der Waals surface area contributed by atoms with E-state index in [1.165, 1.54) is 16.7 Å². The number of carbonyl (C=O) groups excluding carboxylic acids is 1. The second kappa shape index (κ2) is 13.3. The average molecular weight is 427 g/mol. The summed E-state index contributed by atoms with van der Waals surface area (Å²) >= 11 is 0. The van der Waals surface area contributed by atoms with Crippen molar-refractivity contribution in [3.05, 3.63) is 54.1 Å². The molecular formula is C28H42O3. The molecule has 1 aliphatic rings. The van der Waals surface area contributed by atoms with Crippen molar-refractivity contribution in [3.63, 3.8) is 0 Å². The van der Waals surface area contributed by atoms with Gasteiger partial charge in [-0.05, 0) is 37.3 Å². The van der Waals surface area contributed by atoms with Gasteiger partial charge in [0.2, 0.25) is 0 Å². The van der Waals surface area contributed by atoms with E-state index in [0.717, 1.165) is 12.2 Å². The first kappa shape index (κ1) is 26.9. The monoisotopic (exact) mass is 426 g/mol. The van der Waals surface area contributed by atoms with Gasteiger partial charge in [0.1, 0.15) is 17.6 Å². The van der Waals surface area contributed by atoms with Gasteiger partial charge in [0.25, 0.3) is 0 Å². The molecule has 31 heavy (non-hydrogen) atoms. The summed E-state index contributed by atoms with van der Waals surface area (Å²) in [6.45, 7) is 15.9. The van der Waals surface area contributed by atoms with E-state index >= 15 is 0 Å². The van der Waals surface area contributed by atoms with Crippen LogP contribution in [-0.2, 0) is 4.79 Å². The third-order valence-electron chi connectivity index (χ3n) is 5.64. The quantitative estimate of drug-likeness (QED) is 0.521. The molecule has 0 fully saturated rings. The van der Waals surface area contributed by atoms with Gasteiger partial charge in [-0.15, -0.1) is 0 Å². The minimum Gasteiger partial charge on any atom is -0.485 e. The van der Waals surface area contributed by atoms with Gasteiger partial charge >= 0.3 is 0 Å². The van der Waals surface area contributed by atoms with E-state index in [1.54, 1.807) is 0 Å². The fraction of sp³-hybridized carbons (Fsp3) is 0.536. The van der Waals surface area contributed by atoms with Crippen LogP contribution in [0.25, 0.3) is 11.1 Å². The highest BCUT2D eigenvalue weighted by Crippen LogP contribution is 2.41. The molecule has 0 aliphatic carbocycles. The molecule has 3 rings (SSSR count). The summed E-state index contributed by atoms with van der Waals surface area (Å²) in [7, 11) is 0. The number of fused-ring (bicyclic) bond motifs is 3. The number of hydrogen-bond acceptors (Lipinski definition) is 3. The molecule has 1 aliphatic heterocycles. The van der Waals surface area contributed by atoms with Crippen molar-refractivity contribution in [1.29, 1.82) is 0 Å². The zero-order valence-electron chi connectivity index (χ0n) is 20.7. The Morgan fingerprint density at radius 3 is 2.06 bits per heavy atom. The van der Waals surface area contributed by atoms with Crippen molar-refractivity contribution < 1.29 is 14.6 Å². The van der Waals surface area contributed by atoms with Gasteiger partial charge in [-0.2, -0.15) is 0 Å². The molecule has 3 heteroatoms.